The number of carbonyl (C=O) groups is 4. The Morgan fingerprint density at radius 2 is 1.89 bits per heavy atom. The highest BCUT2D eigenvalue weighted by molar-refractivity contribution is 6.23. The summed E-state index contributed by atoms with van der Waals surface area (Å²) in [5, 5.41) is 9.01. The van der Waals surface area contributed by atoms with Crippen LogP contribution in [0.15, 0.2) is 18.2 Å². The van der Waals surface area contributed by atoms with Gasteiger partial charge in [0.15, 0.2) is 0 Å². The monoisotopic (exact) mass is 370 g/mol. The van der Waals surface area contributed by atoms with Gasteiger partial charge in [-0.05, 0) is 30.5 Å². The minimum Gasteiger partial charge on any atom is -0.381 e. The van der Waals surface area contributed by atoms with E-state index in [-0.39, 0.29) is 24.8 Å². The molecule has 1 aromatic rings. The zero-order chi connectivity index (χ0) is 19.1. The van der Waals surface area contributed by atoms with E-state index in [9.17, 15) is 19.2 Å². The van der Waals surface area contributed by atoms with Gasteiger partial charge in [-0.2, -0.15) is 0 Å². The maximum Gasteiger partial charge on any atom is 0.262 e. The average Bonchev–Trinajstić information content (AvgIpc) is 3.19. The number of hydrogen-bond acceptors (Lipinski definition) is 6. The number of imide groups is 2. The van der Waals surface area contributed by atoms with Crippen LogP contribution >= 0.6 is 0 Å². The van der Waals surface area contributed by atoms with Crippen molar-refractivity contribution in [3.8, 4) is 0 Å². The van der Waals surface area contributed by atoms with Gasteiger partial charge in [0.1, 0.15) is 6.04 Å². The molecule has 0 saturated carbocycles. The lowest BCUT2D eigenvalue weighted by molar-refractivity contribution is -0.136. The van der Waals surface area contributed by atoms with E-state index < -0.39 is 23.8 Å². The summed E-state index contributed by atoms with van der Waals surface area (Å²) >= 11 is 0. The van der Waals surface area contributed by atoms with Crippen molar-refractivity contribution in [2.24, 2.45) is 5.92 Å². The number of anilines is 1. The predicted molar refractivity (Wildman–Crippen MR) is 97.2 cm³/mol. The molecule has 3 atom stereocenters. The van der Waals surface area contributed by atoms with Crippen LogP contribution in [0.5, 0.6) is 0 Å². The van der Waals surface area contributed by atoms with E-state index >= 15 is 0 Å². The minimum atomic E-state index is -0.935. The predicted octanol–water partition coefficient (Wildman–Crippen LogP) is 0.498. The molecule has 3 heterocycles. The molecule has 27 heavy (non-hydrogen) atoms. The third kappa shape index (κ3) is 2.99. The summed E-state index contributed by atoms with van der Waals surface area (Å²) in [6.45, 7) is 3.96. The minimum absolute atomic E-state index is 0.115. The molecule has 8 nitrogen and oxygen atoms in total. The Morgan fingerprint density at radius 3 is 2.63 bits per heavy atom. The zero-order valence-electron chi connectivity index (χ0n) is 15.1. The second-order valence-electron chi connectivity index (χ2n) is 7.28. The van der Waals surface area contributed by atoms with Crippen LogP contribution in [-0.4, -0.2) is 53.7 Å². The first-order valence-electron chi connectivity index (χ1n) is 9.32. The number of amides is 4. The molecule has 1 aromatic carbocycles. The molecule has 3 N–H and O–H groups in total. The summed E-state index contributed by atoms with van der Waals surface area (Å²) in [5.41, 5.74) is 1.38. The second kappa shape index (κ2) is 6.77. The number of hydrogen-bond donors (Lipinski definition) is 3. The normalized spacial score (nSPS) is 27.7. The number of nitrogens with zero attached hydrogens (tertiary/aromatic N) is 1. The molecule has 3 aliphatic heterocycles. The number of fused-ring (bicyclic) bond motifs is 1. The molecule has 0 radical (unpaired) electrons. The highest BCUT2D eigenvalue weighted by Gasteiger charge is 2.44. The van der Waals surface area contributed by atoms with Gasteiger partial charge in [0.25, 0.3) is 11.8 Å². The molecule has 2 saturated heterocycles. The molecule has 0 aromatic heterocycles. The summed E-state index contributed by atoms with van der Waals surface area (Å²) in [6, 6.07) is 4.45. The van der Waals surface area contributed by atoms with Crippen LogP contribution in [0.3, 0.4) is 0 Å². The van der Waals surface area contributed by atoms with Gasteiger partial charge in [0.2, 0.25) is 11.8 Å². The van der Waals surface area contributed by atoms with Gasteiger partial charge in [0, 0.05) is 31.2 Å². The lowest BCUT2D eigenvalue weighted by atomic mass is 10.00. The summed E-state index contributed by atoms with van der Waals surface area (Å²) in [4.78, 5) is 50.0. The molecular weight excluding hydrogens is 348 g/mol. The third-order valence-electron chi connectivity index (χ3n) is 5.66. The van der Waals surface area contributed by atoms with E-state index in [0.717, 1.165) is 30.1 Å². The van der Waals surface area contributed by atoms with Crippen molar-refractivity contribution in [2.75, 3.05) is 18.4 Å². The lowest BCUT2D eigenvalue weighted by Gasteiger charge is -2.27. The van der Waals surface area contributed by atoms with Gasteiger partial charge in [-0.3, -0.25) is 29.4 Å². The van der Waals surface area contributed by atoms with Crippen LogP contribution in [0.1, 0.15) is 46.9 Å². The fraction of sp³-hybridized carbons (Fsp3) is 0.474. The van der Waals surface area contributed by atoms with Gasteiger partial charge < -0.3 is 10.6 Å². The highest BCUT2D eigenvalue weighted by atomic mass is 16.2. The zero-order valence-corrected chi connectivity index (χ0v) is 15.1. The SMILES string of the molecule is CC[C@@H]1CNC[C@@H]1Nc1ccc2c(c1)C(=O)N(C1CCC(=O)NC1=O)C2=O. The van der Waals surface area contributed by atoms with Crippen LogP contribution in [0.2, 0.25) is 0 Å². The van der Waals surface area contributed by atoms with Gasteiger partial charge in [-0.1, -0.05) is 13.3 Å². The number of nitrogens with one attached hydrogen (secondary N) is 3. The van der Waals surface area contributed by atoms with E-state index in [1.54, 1.807) is 18.2 Å². The quantitative estimate of drug-likeness (QED) is 0.666. The van der Waals surface area contributed by atoms with Crippen molar-refractivity contribution in [3.63, 3.8) is 0 Å². The summed E-state index contributed by atoms with van der Waals surface area (Å²) in [7, 11) is 0. The second-order valence-corrected chi connectivity index (χ2v) is 7.28. The van der Waals surface area contributed by atoms with Crippen LogP contribution < -0.4 is 16.0 Å². The number of rotatable bonds is 4. The van der Waals surface area contributed by atoms with Crippen LogP contribution in [0.4, 0.5) is 5.69 Å². The van der Waals surface area contributed by atoms with Gasteiger partial charge >= 0.3 is 0 Å². The van der Waals surface area contributed by atoms with Gasteiger partial charge in [-0.15, -0.1) is 0 Å². The van der Waals surface area contributed by atoms with Crippen molar-refractivity contribution in [2.45, 2.75) is 38.3 Å². The van der Waals surface area contributed by atoms with E-state index in [4.69, 9.17) is 0 Å². The first-order valence-corrected chi connectivity index (χ1v) is 9.32. The maximum atomic E-state index is 12.8. The Balaban J connectivity index is 1.56. The fourth-order valence-electron chi connectivity index (χ4n) is 4.11. The molecule has 142 valence electrons. The topological polar surface area (TPSA) is 108 Å². The Kier molecular flexibility index (Phi) is 4.43. The molecular formula is C19H22N4O4. The summed E-state index contributed by atoms with van der Waals surface area (Å²) < 4.78 is 0. The van der Waals surface area contributed by atoms with Crippen LogP contribution in [0.25, 0.3) is 0 Å². The van der Waals surface area contributed by atoms with E-state index in [2.05, 4.69) is 22.9 Å². The van der Waals surface area contributed by atoms with Crippen molar-refractivity contribution in [1.82, 2.24) is 15.5 Å². The fourth-order valence-corrected chi connectivity index (χ4v) is 4.11. The lowest BCUT2D eigenvalue weighted by Crippen LogP contribution is -2.54. The van der Waals surface area contributed by atoms with Crippen molar-refractivity contribution in [3.05, 3.63) is 29.3 Å². The smallest absolute Gasteiger partial charge is 0.262 e. The average molecular weight is 370 g/mol. The molecule has 1 unspecified atom stereocenters. The Bertz CT molecular complexity index is 837. The number of piperidine rings is 1. The Morgan fingerprint density at radius 1 is 1.11 bits per heavy atom. The molecule has 3 aliphatic rings. The molecule has 0 spiro atoms. The first kappa shape index (κ1) is 17.7. The highest BCUT2D eigenvalue weighted by Crippen LogP contribution is 2.30. The molecule has 2 fully saturated rings. The van der Waals surface area contributed by atoms with Gasteiger partial charge in [0.05, 0.1) is 11.1 Å². The van der Waals surface area contributed by atoms with Crippen molar-refractivity contribution in [1.29, 1.82) is 0 Å². The third-order valence-corrected chi connectivity index (χ3v) is 5.66. The summed E-state index contributed by atoms with van der Waals surface area (Å²) in [5.74, 6) is -1.43. The molecule has 8 heteroatoms. The van der Waals surface area contributed by atoms with E-state index in [1.165, 1.54) is 0 Å². The molecule has 0 bridgehead atoms. The van der Waals surface area contributed by atoms with E-state index in [0.29, 0.717) is 17.0 Å². The molecule has 4 rings (SSSR count). The first-order chi connectivity index (χ1) is 13.0. The van der Waals surface area contributed by atoms with E-state index in [1.807, 2.05) is 0 Å². The standard InChI is InChI=1S/C19H22N4O4/c1-2-10-8-20-9-14(10)21-11-3-4-12-13(7-11)19(27)23(18(12)26)15-5-6-16(24)22-17(15)25/h3-4,7,10,14-15,20-21H,2,5-6,8-9H2,1H3,(H,22,24,25)/t10-,14+,15?/m1/s1. The van der Waals surface area contributed by atoms with Crippen molar-refractivity contribution >= 4 is 29.3 Å². The maximum absolute atomic E-state index is 12.8. The van der Waals surface area contributed by atoms with Gasteiger partial charge in [-0.25, -0.2) is 0 Å². The number of carbonyl (C=O) groups excluding carboxylic acids is 4. The largest absolute Gasteiger partial charge is 0.381 e. The number of benzene rings is 1. The van der Waals surface area contributed by atoms with Crippen LogP contribution in [-0.2, 0) is 9.59 Å². The Labute approximate surface area is 156 Å². The van der Waals surface area contributed by atoms with Crippen molar-refractivity contribution < 1.29 is 19.2 Å². The van der Waals surface area contributed by atoms with Crippen LogP contribution in [0, 0.1) is 5.92 Å². The Hall–Kier alpha value is -2.74. The molecule has 0 aliphatic carbocycles. The summed E-state index contributed by atoms with van der Waals surface area (Å²) in [6.07, 6.45) is 1.33. The molecule has 4 amide bonds.